The molecular formula is C14H14ClF3N4O. The van der Waals surface area contributed by atoms with Crippen molar-refractivity contribution in [3.8, 4) is 5.69 Å². The van der Waals surface area contributed by atoms with E-state index in [0.29, 0.717) is 5.69 Å². The molecule has 2 heterocycles. The molecule has 1 aliphatic heterocycles. The predicted molar refractivity (Wildman–Crippen MR) is 80.9 cm³/mol. The van der Waals surface area contributed by atoms with Crippen LogP contribution in [-0.2, 0) is 11.0 Å². The van der Waals surface area contributed by atoms with Crippen LogP contribution in [0, 0.1) is 0 Å². The number of carbonyl (C=O) groups excluding carboxylic acids is 1. The lowest BCUT2D eigenvalue weighted by molar-refractivity contribution is -0.142. The number of halogens is 4. The number of hydrogen-bond donors (Lipinski definition) is 2. The molecule has 1 saturated heterocycles. The Morgan fingerprint density at radius 3 is 2.43 bits per heavy atom. The van der Waals surface area contributed by atoms with E-state index in [4.69, 9.17) is 0 Å². The van der Waals surface area contributed by atoms with E-state index in [9.17, 15) is 18.0 Å². The van der Waals surface area contributed by atoms with E-state index in [-0.39, 0.29) is 30.0 Å². The largest absolute Gasteiger partial charge is 0.433 e. The fraction of sp³-hybridized carbons (Fsp3) is 0.286. The van der Waals surface area contributed by atoms with Crippen molar-refractivity contribution in [1.29, 1.82) is 0 Å². The van der Waals surface area contributed by atoms with Gasteiger partial charge >= 0.3 is 6.18 Å². The molecule has 1 atom stereocenters. The third kappa shape index (κ3) is 3.65. The number of nitrogens with zero attached hydrogens (tertiary/aromatic N) is 2. The minimum Gasteiger partial charge on any atom is -0.325 e. The van der Waals surface area contributed by atoms with Crippen LogP contribution in [-0.4, -0.2) is 28.3 Å². The summed E-state index contributed by atoms with van der Waals surface area (Å²) in [4.78, 5) is 11.8. The second-order valence-corrected chi connectivity index (χ2v) is 4.96. The molecular weight excluding hydrogens is 333 g/mol. The smallest absolute Gasteiger partial charge is 0.325 e. The fourth-order valence-electron chi connectivity index (χ4n) is 2.15. The lowest BCUT2D eigenvalue weighted by atomic mass is 10.1. The molecule has 2 N–H and O–H groups in total. The molecule has 5 nitrogen and oxygen atoms in total. The second kappa shape index (κ2) is 6.59. The van der Waals surface area contributed by atoms with Gasteiger partial charge in [-0.25, -0.2) is 4.68 Å². The molecule has 3 rings (SSSR count). The molecule has 0 saturated carbocycles. The summed E-state index contributed by atoms with van der Waals surface area (Å²) in [6, 6.07) is 6.78. The van der Waals surface area contributed by atoms with E-state index in [0.717, 1.165) is 29.9 Å². The van der Waals surface area contributed by atoms with Crippen LogP contribution in [0.4, 0.5) is 18.9 Å². The lowest BCUT2D eigenvalue weighted by Gasteiger charge is -2.26. The minimum atomic E-state index is -4.47. The summed E-state index contributed by atoms with van der Waals surface area (Å²) in [6.07, 6.45) is -2.59. The van der Waals surface area contributed by atoms with Crippen LogP contribution in [0.2, 0.25) is 0 Å². The number of nitrogens with one attached hydrogen (secondary N) is 2. The molecule has 1 fully saturated rings. The van der Waals surface area contributed by atoms with Gasteiger partial charge in [0.05, 0.1) is 17.9 Å². The van der Waals surface area contributed by atoms with Gasteiger partial charge in [-0.3, -0.25) is 4.79 Å². The Balaban J connectivity index is 0.00000192. The zero-order valence-electron chi connectivity index (χ0n) is 11.8. The van der Waals surface area contributed by atoms with Gasteiger partial charge in [-0.1, -0.05) is 0 Å². The molecule has 0 aliphatic carbocycles. The van der Waals surface area contributed by atoms with E-state index < -0.39 is 11.9 Å². The standard InChI is InChI=1S/C14H13F3N4O.ClH/c15-14(16,17)12-6-8-19-21(12)10-3-1-9(2-4-10)20-13(22)11-5-7-18-11;/h1-4,6,8,11,18H,5,7H2,(H,20,22);1H/t11-;/m1./s1. The van der Waals surface area contributed by atoms with Crippen molar-refractivity contribution in [3.63, 3.8) is 0 Å². The third-order valence-electron chi connectivity index (χ3n) is 3.45. The van der Waals surface area contributed by atoms with Crippen LogP contribution in [0.5, 0.6) is 0 Å². The van der Waals surface area contributed by atoms with E-state index in [1.165, 1.54) is 12.1 Å². The summed E-state index contributed by atoms with van der Waals surface area (Å²) >= 11 is 0. The first-order valence-corrected chi connectivity index (χ1v) is 6.71. The molecule has 23 heavy (non-hydrogen) atoms. The number of rotatable bonds is 3. The van der Waals surface area contributed by atoms with Crippen molar-refractivity contribution < 1.29 is 18.0 Å². The van der Waals surface area contributed by atoms with Crippen LogP contribution in [0.15, 0.2) is 36.5 Å². The molecule has 1 aliphatic rings. The number of hydrogen-bond acceptors (Lipinski definition) is 3. The van der Waals surface area contributed by atoms with Crippen molar-refractivity contribution in [1.82, 2.24) is 15.1 Å². The molecule has 0 radical (unpaired) electrons. The summed E-state index contributed by atoms with van der Waals surface area (Å²) in [5.74, 6) is -0.144. The first-order chi connectivity index (χ1) is 10.4. The third-order valence-corrected chi connectivity index (χ3v) is 3.45. The van der Waals surface area contributed by atoms with Crippen LogP contribution >= 0.6 is 12.4 Å². The average molecular weight is 347 g/mol. The quantitative estimate of drug-likeness (QED) is 0.898. The van der Waals surface area contributed by atoms with Crippen LogP contribution in [0.1, 0.15) is 12.1 Å². The SMILES string of the molecule is Cl.O=C(Nc1ccc(-n2nccc2C(F)(F)F)cc1)[C@H]1CCN1. The maximum atomic E-state index is 12.8. The highest BCUT2D eigenvalue weighted by Gasteiger charge is 2.35. The summed E-state index contributed by atoms with van der Waals surface area (Å²) in [7, 11) is 0. The Labute approximate surface area is 136 Å². The number of anilines is 1. The fourth-order valence-corrected chi connectivity index (χ4v) is 2.15. The Bertz CT molecular complexity index is 680. The maximum Gasteiger partial charge on any atom is 0.433 e. The first kappa shape index (κ1) is 17.3. The molecule has 2 aromatic rings. The summed E-state index contributed by atoms with van der Waals surface area (Å²) in [5, 5.41) is 9.37. The van der Waals surface area contributed by atoms with Crippen LogP contribution in [0.25, 0.3) is 5.69 Å². The van der Waals surface area contributed by atoms with Gasteiger partial charge in [-0.05, 0) is 43.3 Å². The number of aromatic nitrogens is 2. The van der Waals surface area contributed by atoms with Crippen molar-refractivity contribution in [2.75, 3.05) is 11.9 Å². The molecule has 0 spiro atoms. The zero-order chi connectivity index (χ0) is 15.7. The van der Waals surface area contributed by atoms with Crippen LogP contribution < -0.4 is 10.6 Å². The predicted octanol–water partition coefficient (Wildman–Crippen LogP) is 2.61. The van der Waals surface area contributed by atoms with Crippen molar-refractivity contribution in [2.24, 2.45) is 0 Å². The highest BCUT2D eigenvalue weighted by Crippen LogP contribution is 2.30. The molecule has 0 unspecified atom stereocenters. The van der Waals surface area contributed by atoms with Crippen LogP contribution in [0.3, 0.4) is 0 Å². The maximum absolute atomic E-state index is 12.8. The number of amides is 1. The van der Waals surface area contributed by atoms with Gasteiger partial charge in [0.25, 0.3) is 0 Å². The summed E-state index contributed by atoms with van der Waals surface area (Å²) in [5.41, 5.74) is -0.0387. The Morgan fingerprint density at radius 2 is 1.91 bits per heavy atom. The molecule has 1 amide bonds. The van der Waals surface area contributed by atoms with Crippen molar-refractivity contribution in [2.45, 2.75) is 18.6 Å². The number of benzene rings is 1. The normalized spacial score (nSPS) is 17.1. The molecule has 124 valence electrons. The Morgan fingerprint density at radius 1 is 1.26 bits per heavy atom. The van der Waals surface area contributed by atoms with Gasteiger partial charge in [0.15, 0.2) is 0 Å². The van der Waals surface area contributed by atoms with Gasteiger partial charge in [-0.15, -0.1) is 12.4 Å². The number of alkyl halides is 3. The van der Waals surface area contributed by atoms with E-state index >= 15 is 0 Å². The van der Waals surface area contributed by atoms with Gasteiger partial charge in [0.1, 0.15) is 5.69 Å². The highest BCUT2D eigenvalue weighted by atomic mass is 35.5. The molecule has 1 aromatic carbocycles. The van der Waals surface area contributed by atoms with Gasteiger partial charge < -0.3 is 10.6 Å². The van der Waals surface area contributed by atoms with E-state index in [2.05, 4.69) is 15.7 Å². The van der Waals surface area contributed by atoms with Gasteiger partial charge in [0, 0.05) is 5.69 Å². The van der Waals surface area contributed by atoms with E-state index in [1.807, 2.05) is 0 Å². The highest BCUT2D eigenvalue weighted by molar-refractivity contribution is 5.95. The summed E-state index contributed by atoms with van der Waals surface area (Å²) in [6.45, 7) is 0.816. The molecule has 9 heteroatoms. The van der Waals surface area contributed by atoms with Crippen molar-refractivity contribution >= 4 is 24.0 Å². The molecule has 0 bridgehead atoms. The Hall–Kier alpha value is -2.06. The van der Waals surface area contributed by atoms with Gasteiger partial charge in [-0.2, -0.15) is 18.3 Å². The second-order valence-electron chi connectivity index (χ2n) is 4.96. The minimum absolute atomic E-state index is 0. The average Bonchev–Trinajstić information content (AvgIpc) is 2.86. The zero-order valence-corrected chi connectivity index (χ0v) is 12.6. The monoisotopic (exact) mass is 346 g/mol. The topological polar surface area (TPSA) is 59.0 Å². The number of carbonyl (C=O) groups is 1. The Kier molecular flexibility index (Phi) is 4.96. The van der Waals surface area contributed by atoms with Gasteiger partial charge in [0.2, 0.25) is 5.91 Å². The van der Waals surface area contributed by atoms with E-state index in [1.54, 1.807) is 12.1 Å². The lowest BCUT2D eigenvalue weighted by Crippen LogP contribution is -2.50. The molecule has 1 aromatic heterocycles. The summed E-state index contributed by atoms with van der Waals surface area (Å²) < 4.78 is 39.3. The van der Waals surface area contributed by atoms with Crippen molar-refractivity contribution in [3.05, 3.63) is 42.2 Å². The first-order valence-electron chi connectivity index (χ1n) is 6.71.